The summed E-state index contributed by atoms with van der Waals surface area (Å²) in [4.78, 5) is 31.8. The van der Waals surface area contributed by atoms with E-state index in [4.69, 9.17) is 4.74 Å². The number of rotatable bonds is 7. The fourth-order valence-corrected chi connectivity index (χ4v) is 9.03. The number of benzene rings is 1. The Hall–Kier alpha value is -3.41. The molecule has 3 aliphatic carbocycles. The Balaban J connectivity index is 0.00000401. The monoisotopic (exact) mass is 663 g/mol. The van der Waals surface area contributed by atoms with E-state index in [0.29, 0.717) is 38.0 Å². The number of allylic oxidation sites excluding steroid dienone is 4. The first kappa shape index (κ1) is 32.2. The molecule has 2 unspecified atom stereocenters. The van der Waals surface area contributed by atoms with Crippen LogP contribution in [0.3, 0.4) is 0 Å². The highest BCUT2D eigenvalue weighted by Crippen LogP contribution is 2.71. The smallest absolute Gasteiger partial charge is 0.303 e. The first-order valence-electron chi connectivity index (χ1n) is 16.9. The van der Waals surface area contributed by atoms with Gasteiger partial charge in [-0.15, -0.1) is 0 Å². The van der Waals surface area contributed by atoms with E-state index in [-0.39, 0.29) is 18.3 Å². The number of nitrogens with zero attached hydrogens (tertiary/aromatic N) is 4. The molecule has 0 bridgehead atoms. The maximum absolute atomic E-state index is 14.3. The first-order chi connectivity index (χ1) is 22.4. The van der Waals surface area contributed by atoms with E-state index >= 15 is 0 Å². The van der Waals surface area contributed by atoms with Crippen molar-refractivity contribution >= 4 is 32.9 Å². The summed E-state index contributed by atoms with van der Waals surface area (Å²) in [5.74, 6) is 0.634. The van der Waals surface area contributed by atoms with Crippen LogP contribution in [-0.4, -0.2) is 93.3 Å². The molecule has 11 heteroatoms. The Kier molecular flexibility index (Phi) is 7.96. The van der Waals surface area contributed by atoms with Crippen molar-refractivity contribution in [2.75, 3.05) is 48.4 Å². The van der Waals surface area contributed by atoms with Gasteiger partial charge in [-0.2, -0.15) is 12.7 Å². The van der Waals surface area contributed by atoms with Crippen molar-refractivity contribution < 1.29 is 24.2 Å². The summed E-state index contributed by atoms with van der Waals surface area (Å²) in [5, 5.41) is 1.09. The van der Waals surface area contributed by atoms with Gasteiger partial charge in [0.05, 0.1) is 19.4 Å². The van der Waals surface area contributed by atoms with Gasteiger partial charge in [0, 0.05) is 79.6 Å². The Labute approximate surface area is 279 Å². The zero-order chi connectivity index (χ0) is 33.3. The highest BCUT2D eigenvalue weighted by atomic mass is 32.2. The minimum atomic E-state index is -3.97. The molecule has 47 heavy (non-hydrogen) atoms. The summed E-state index contributed by atoms with van der Waals surface area (Å²) >= 11 is 0. The lowest BCUT2D eigenvalue weighted by Gasteiger charge is -2.43. The van der Waals surface area contributed by atoms with Crippen LogP contribution in [-0.2, 0) is 31.7 Å². The lowest BCUT2D eigenvalue weighted by atomic mass is 9.81. The van der Waals surface area contributed by atoms with E-state index < -0.39 is 21.5 Å². The molecule has 5 aliphatic rings. The second kappa shape index (κ2) is 11.6. The highest BCUT2D eigenvalue weighted by Gasteiger charge is 2.68. The average molecular weight is 664 g/mol. The predicted molar refractivity (Wildman–Crippen MR) is 184 cm³/mol. The van der Waals surface area contributed by atoms with Crippen LogP contribution in [0.1, 0.15) is 80.3 Å². The maximum atomic E-state index is 14.3. The van der Waals surface area contributed by atoms with Gasteiger partial charge in [0.1, 0.15) is 0 Å². The fourth-order valence-electron chi connectivity index (χ4n) is 8.50. The molecule has 2 saturated carbocycles. The molecular formula is C36H49N5O5S. The summed E-state index contributed by atoms with van der Waals surface area (Å²) in [5.41, 5.74) is 3.70. The number of amides is 2. The third-order valence-electron chi connectivity index (χ3n) is 11.3. The van der Waals surface area contributed by atoms with Crippen molar-refractivity contribution in [2.45, 2.75) is 75.3 Å². The molecule has 1 N–H and O–H groups in total. The third kappa shape index (κ3) is 5.25. The van der Waals surface area contributed by atoms with Crippen molar-refractivity contribution in [3.8, 4) is 0 Å². The molecule has 1 aromatic carbocycles. The molecule has 2 aliphatic heterocycles. The van der Waals surface area contributed by atoms with Gasteiger partial charge in [-0.1, -0.05) is 50.0 Å². The number of nitrogens with one attached hydrogen (secondary N) is 1. The van der Waals surface area contributed by atoms with Gasteiger partial charge < -0.3 is 19.1 Å². The number of hydrogen-bond donors (Lipinski definition) is 1. The van der Waals surface area contributed by atoms with Crippen LogP contribution in [0.25, 0.3) is 10.9 Å². The van der Waals surface area contributed by atoms with Crippen LogP contribution < -0.4 is 4.72 Å². The number of likely N-dealkylation sites (tertiary alicyclic amines) is 1. The SMILES string of the molecule is COC1=CC23C=C(C(=O)N4CC(N(C)C)C4)Cn4c(c(C5CCCCCC5)c5ccc(C(=O)NS(=O)(=O)N(C)C)cc54)C2(C=CC1)C3.[HH]. The Morgan fingerprint density at radius 3 is 2.43 bits per heavy atom. The number of likely N-dealkylation sites (N-methyl/N-ethyl adjacent to an activating group) is 1. The second-order valence-corrected chi connectivity index (χ2v) is 16.5. The predicted octanol–water partition coefficient (Wildman–Crippen LogP) is 4.69. The molecule has 254 valence electrons. The van der Waals surface area contributed by atoms with Gasteiger partial charge >= 0.3 is 10.2 Å². The molecule has 2 aromatic rings. The number of ether oxygens (including phenoxy) is 1. The second-order valence-electron chi connectivity index (χ2n) is 14.6. The molecule has 1 saturated heterocycles. The minimum absolute atomic E-state index is 0. The van der Waals surface area contributed by atoms with E-state index in [1.54, 1.807) is 13.2 Å². The zero-order valence-electron chi connectivity index (χ0n) is 28.2. The van der Waals surface area contributed by atoms with Gasteiger partial charge in [0.25, 0.3) is 11.8 Å². The van der Waals surface area contributed by atoms with Crippen molar-refractivity contribution in [1.82, 2.24) is 23.4 Å². The average Bonchev–Trinajstić information content (AvgIpc) is 3.65. The Morgan fingerprint density at radius 2 is 1.77 bits per heavy atom. The molecule has 2 amide bonds. The Bertz CT molecular complexity index is 1830. The zero-order valence-corrected chi connectivity index (χ0v) is 29.0. The molecule has 3 heterocycles. The third-order valence-corrected chi connectivity index (χ3v) is 12.8. The number of aromatic nitrogens is 1. The van der Waals surface area contributed by atoms with Crippen molar-refractivity contribution in [1.29, 1.82) is 0 Å². The number of methoxy groups -OCH3 is 1. The summed E-state index contributed by atoms with van der Waals surface area (Å²) in [6.07, 6.45) is 17.6. The molecule has 3 fully saturated rings. The summed E-state index contributed by atoms with van der Waals surface area (Å²) < 4.78 is 36.5. The number of carbonyl (C=O) groups excluding carboxylic acids is 2. The fraction of sp³-hybridized carbons (Fsp3) is 0.556. The van der Waals surface area contributed by atoms with Crippen LogP contribution >= 0.6 is 0 Å². The van der Waals surface area contributed by atoms with E-state index in [1.807, 2.05) is 17.0 Å². The van der Waals surface area contributed by atoms with Crippen molar-refractivity contribution in [3.05, 3.63) is 70.7 Å². The van der Waals surface area contributed by atoms with Gasteiger partial charge in [0.2, 0.25) is 0 Å². The van der Waals surface area contributed by atoms with Gasteiger partial charge in [-0.3, -0.25) is 9.59 Å². The molecule has 10 nitrogen and oxygen atoms in total. The van der Waals surface area contributed by atoms with E-state index in [2.05, 4.69) is 52.6 Å². The number of fused-ring (bicyclic) bond motifs is 3. The summed E-state index contributed by atoms with van der Waals surface area (Å²) in [6.45, 7) is 1.77. The highest BCUT2D eigenvalue weighted by molar-refractivity contribution is 7.87. The number of carbonyl (C=O) groups is 2. The van der Waals surface area contributed by atoms with Gasteiger partial charge in [-0.25, -0.2) is 4.72 Å². The van der Waals surface area contributed by atoms with Crippen LogP contribution in [0.4, 0.5) is 0 Å². The maximum Gasteiger partial charge on any atom is 0.303 e. The molecule has 1 aromatic heterocycles. The first-order valence-corrected chi connectivity index (χ1v) is 18.4. The van der Waals surface area contributed by atoms with Gasteiger partial charge in [-0.05, 0) is 63.0 Å². The standard InChI is InChI=1S/C36H47N5O5S.H2/c1-38(2)27-21-40(22-27)34(43)26-18-35-19-28(46-5)13-10-16-36(35,23-35)32-31(24-11-8-6-7-9-12-24)29-15-14-25(17-30(29)41(32)20-26)33(42)37-47(44,45)39(3)4;/h10,14-19,24,27H,6-9,11-13,20-23H2,1-5H3,(H,37,42);1H. The number of hydrogen-bond acceptors (Lipinski definition) is 6. The van der Waals surface area contributed by atoms with Crippen molar-refractivity contribution in [3.63, 3.8) is 0 Å². The molecular weight excluding hydrogens is 614 g/mol. The quantitative estimate of drug-likeness (QED) is 0.341. The Morgan fingerprint density at radius 1 is 1.04 bits per heavy atom. The van der Waals surface area contributed by atoms with Crippen LogP contribution in [0.5, 0.6) is 0 Å². The molecule has 7 rings (SSSR count). The molecule has 0 spiro atoms. The van der Waals surface area contributed by atoms with Crippen LogP contribution in [0.15, 0.2) is 53.8 Å². The van der Waals surface area contributed by atoms with Crippen LogP contribution in [0.2, 0.25) is 0 Å². The topological polar surface area (TPSA) is 104 Å². The molecule has 2 atom stereocenters. The van der Waals surface area contributed by atoms with E-state index in [0.717, 1.165) is 45.8 Å². The van der Waals surface area contributed by atoms with Crippen LogP contribution in [0, 0.1) is 5.41 Å². The lowest BCUT2D eigenvalue weighted by molar-refractivity contribution is -0.133. The van der Waals surface area contributed by atoms with E-state index in [9.17, 15) is 18.0 Å². The largest absolute Gasteiger partial charge is 0.501 e. The van der Waals surface area contributed by atoms with Gasteiger partial charge in [0.15, 0.2) is 0 Å². The normalized spacial score (nSPS) is 26.3. The van der Waals surface area contributed by atoms with Crippen molar-refractivity contribution in [2.24, 2.45) is 5.41 Å². The lowest BCUT2D eigenvalue weighted by Crippen LogP contribution is -2.59. The van der Waals surface area contributed by atoms with E-state index in [1.165, 1.54) is 51.0 Å². The summed E-state index contributed by atoms with van der Waals surface area (Å²) in [7, 11) is 4.63. The minimum Gasteiger partial charge on any atom is -0.501 e. The summed E-state index contributed by atoms with van der Waals surface area (Å²) in [6, 6.07) is 5.93. The molecule has 0 radical (unpaired) electrons.